The van der Waals surface area contributed by atoms with Crippen LogP contribution >= 0.6 is 0 Å². The Bertz CT molecular complexity index is 768. The van der Waals surface area contributed by atoms with Crippen molar-refractivity contribution in [1.29, 1.82) is 0 Å². The number of halogens is 2. The molecule has 0 aliphatic carbocycles. The largest absolute Gasteiger partial charge is 0.367 e. The molecule has 28 heavy (non-hydrogen) atoms. The summed E-state index contributed by atoms with van der Waals surface area (Å²) in [6.07, 6.45) is -0.173. The predicted octanol–water partition coefficient (Wildman–Crippen LogP) is 1.90. The van der Waals surface area contributed by atoms with Crippen molar-refractivity contribution < 1.29 is 18.4 Å². The zero-order chi connectivity index (χ0) is 20.0. The molecule has 2 unspecified atom stereocenters. The Hall–Kier alpha value is -2.19. The number of aryl methyl sites for hydroxylation is 1. The lowest BCUT2D eigenvalue weighted by molar-refractivity contribution is -0.137. The third-order valence-corrected chi connectivity index (χ3v) is 6.32. The molecule has 1 N–H and O–H groups in total. The minimum Gasteiger partial charge on any atom is -0.367 e. The van der Waals surface area contributed by atoms with Gasteiger partial charge in [-0.15, -0.1) is 0 Å². The first-order chi connectivity index (χ1) is 13.3. The second-order valence-electron chi connectivity index (χ2n) is 8.37. The molecule has 1 aromatic rings. The molecule has 0 aromatic carbocycles. The third kappa shape index (κ3) is 3.46. The van der Waals surface area contributed by atoms with E-state index in [9.17, 15) is 18.4 Å². The summed E-state index contributed by atoms with van der Waals surface area (Å²) in [5, 5.41) is 7.60. The van der Waals surface area contributed by atoms with E-state index in [0.717, 1.165) is 12.8 Å². The van der Waals surface area contributed by atoms with Gasteiger partial charge in [-0.1, -0.05) is 0 Å². The number of nitrogens with one attached hydrogen (secondary N) is 1. The van der Waals surface area contributed by atoms with Crippen LogP contribution in [0.15, 0.2) is 6.07 Å². The quantitative estimate of drug-likeness (QED) is 0.849. The molecule has 4 atom stereocenters. The fourth-order valence-corrected chi connectivity index (χ4v) is 4.83. The highest BCUT2D eigenvalue weighted by molar-refractivity contribution is 5.89. The molecular formula is C19H27F2N5O2. The standard InChI is InChI=1S/C19H27F2N5O2/c1-11-6-16-22-14(8-15(18(20)21)26(16)23-11)12-4-3-5-25(10-12)19(28)13-7-17(27)24(2)9-13/h6,12-15,18,22H,3-5,7-10H2,1-2H3/t12?,13?,14-,15+/m0/s1. The smallest absolute Gasteiger partial charge is 0.260 e. The molecule has 154 valence electrons. The van der Waals surface area contributed by atoms with Crippen LogP contribution in [0.3, 0.4) is 0 Å². The molecule has 0 radical (unpaired) electrons. The van der Waals surface area contributed by atoms with Crippen LogP contribution in [0, 0.1) is 18.8 Å². The monoisotopic (exact) mass is 395 g/mol. The summed E-state index contributed by atoms with van der Waals surface area (Å²) >= 11 is 0. The number of carbonyl (C=O) groups is 2. The third-order valence-electron chi connectivity index (χ3n) is 6.32. The number of anilines is 1. The maximum absolute atomic E-state index is 13.6. The summed E-state index contributed by atoms with van der Waals surface area (Å²) in [5.74, 6) is 0.477. The highest BCUT2D eigenvalue weighted by Crippen LogP contribution is 2.36. The SMILES string of the molecule is Cc1cc2n(n1)[C@@H](C(F)F)C[C@@H](C1CCCN(C(=O)C3CC(=O)N(C)C3)C1)N2. The van der Waals surface area contributed by atoms with Gasteiger partial charge in [0.2, 0.25) is 11.8 Å². The number of fused-ring (bicyclic) bond motifs is 1. The maximum Gasteiger partial charge on any atom is 0.260 e. The topological polar surface area (TPSA) is 70.5 Å². The molecular weight excluding hydrogens is 368 g/mol. The number of likely N-dealkylation sites (tertiary alicyclic amines) is 2. The molecule has 2 fully saturated rings. The van der Waals surface area contributed by atoms with Gasteiger partial charge in [0.15, 0.2) is 0 Å². The van der Waals surface area contributed by atoms with E-state index in [2.05, 4.69) is 10.4 Å². The van der Waals surface area contributed by atoms with Gasteiger partial charge in [-0.25, -0.2) is 13.5 Å². The number of carbonyl (C=O) groups excluding carboxylic acids is 2. The summed E-state index contributed by atoms with van der Waals surface area (Å²) in [5.41, 5.74) is 0.712. The van der Waals surface area contributed by atoms with E-state index in [4.69, 9.17) is 0 Å². The van der Waals surface area contributed by atoms with Gasteiger partial charge < -0.3 is 15.1 Å². The summed E-state index contributed by atoms with van der Waals surface area (Å²) < 4.78 is 28.7. The summed E-state index contributed by atoms with van der Waals surface area (Å²) in [6.45, 7) is 3.48. The van der Waals surface area contributed by atoms with Crippen molar-refractivity contribution in [1.82, 2.24) is 19.6 Å². The van der Waals surface area contributed by atoms with Gasteiger partial charge >= 0.3 is 0 Å². The van der Waals surface area contributed by atoms with Crippen LogP contribution < -0.4 is 5.32 Å². The molecule has 9 heteroatoms. The Kier molecular flexibility index (Phi) is 5.01. The Labute approximate surface area is 163 Å². The summed E-state index contributed by atoms with van der Waals surface area (Å²) in [4.78, 5) is 28.1. The fourth-order valence-electron chi connectivity index (χ4n) is 4.83. The number of aromatic nitrogens is 2. The van der Waals surface area contributed by atoms with Crippen molar-refractivity contribution >= 4 is 17.6 Å². The Morgan fingerprint density at radius 2 is 2.14 bits per heavy atom. The van der Waals surface area contributed by atoms with E-state index < -0.39 is 12.5 Å². The van der Waals surface area contributed by atoms with Crippen molar-refractivity contribution in [3.05, 3.63) is 11.8 Å². The molecule has 3 aliphatic rings. The number of piperidine rings is 1. The van der Waals surface area contributed by atoms with Crippen LogP contribution in [0.2, 0.25) is 0 Å². The minimum atomic E-state index is -2.48. The first kappa shape index (κ1) is 19.1. The van der Waals surface area contributed by atoms with E-state index in [-0.39, 0.29) is 36.1 Å². The van der Waals surface area contributed by atoms with Crippen molar-refractivity contribution in [2.45, 2.75) is 51.1 Å². The van der Waals surface area contributed by atoms with E-state index in [1.807, 2.05) is 4.90 Å². The molecule has 2 amide bonds. The zero-order valence-corrected chi connectivity index (χ0v) is 16.3. The van der Waals surface area contributed by atoms with E-state index in [1.54, 1.807) is 24.9 Å². The average Bonchev–Trinajstić information content (AvgIpc) is 3.21. The van der Waals surface area contributed by atoms with Gasteiger partial charge in [-0.05, 0) is 32.1 Å². The van der Waals surface area contributed by atoms with Crippen molar-refractivity contribution in [2.75, 3.05) is 32.0 Å². The van der Waals surface area contributed by atoms with Gasteiger partial charge in [0, 0.05) is 45.2 Å². The molecule has 0 spiro atoms. The lowest BCUT2D eigenvalue weighted by Crippen LogP contribution is -2.49. The molecule has 0 bridgehead atoms. The maximum atomic E-state index is 13.6. The Balaban J connectivity index is 1.46. The molecule has 3 aliphatic heterocycles. The van der Waals surface area contributed by atoms with Crippen molar-refractivity contribution in [3.8, 4) is 0 Å². The number of hydrogen-bond donors (Lipinski definition) is 1. The second kappa shape index (κ2) is 7.33. The van der Waals surface area contributed by atoms with Crippen LogP contribution in [0.25, 0.3) is 0 Å². The van der Waals surface area contributed by atoms with E-state index >= 15 is 0 Å². The lowest BCUT2D eigenvalue weighted by Gasteiger charge is -2.41. The highest BCUT2D eigenvalue weighted by Gasteiger charge is 2.40. The van der Waals surface area contributed by atoms with Gasteiger partial charge in [-0.3, -0.25) is 9.59 Å². The molecule has 4 rings (SSSR count). The van der Waals surface area contributed by atoms with E-state index in [0.29, 0.717) is 37.6 Å². The molecule has 1 aromatic heterocycles. The first-order valence-corrected chi connectivity index (χ1v) is 9.97. The van der Waals surface area contributed by atoms with E-state index in [1.165, 1.54) is 4.68 Å². The average molecular weight is 395 g/mol. The van der Waals surface area contributed by atoms with Crippen LogP contribution in [0.4, 0.5) is 14.6 Å². The van der Waals surface area contributed by atoms with Crippen molar-refractivity contribution in [3.63, 3.8) is 0 Å². The number of amides is 2. The van der Waals surface area contributed by atoms with Crippen LogP contribution in [-0.4, -0.2) is 70.5 Å². The van der Waals surface area contributed by atoms with Gasteiger partial charge in [0.1, 0.15) is 11.9 Å². The van der Waals surface area contributed by atoms with Crippen LogP contribution in [0.5, 0.6) is 0 Å². The number of nitrogens with zero attached hydrogens (tertiary/aromatic N) is 4. The molecule has 2 saturated heterocycles. The van der Waals surface area contributed by atoms with Crippen LogP contribution in [-0.2, 0) is 9.59 Å². The Morgan fingerprint density at radius 1 is 1.36 bits per heavy atom. The van der Waals surface area contributed by atoms with Gasteiger partial charge in [0.05, 0.1) is 11.6 Å². The number of rotatable bonds is 3. The zero-order valence-electron chi connectivity index (χ0n) is 16.3. The van der Waals surface area contributed by atoms with Crippen LogP contribution in [0.1, 0.15) is 37.4 Å². The highest BCUT2D eigenvalue weighted by atomic mass is 19.3. The molecule has 0 saturated carbocycles. The minimum absolute atomic E-state index is 0.00395. The number of hydrogen-bond acceptors (Lipinski definition) is 4. The Morgan fingerprint density at radius 3 is 2.82 bits per heavy atom. The molecule has 7 nitrogen and oxygen atoms in total. The summed E-state index contributed by atoms with van der Waals surface area (Å²) in [7, 11) is 1.72. The lowest BCUT2D eigenvalue weighted by atomic mass is 9.85. The van der Waals surface area contributed by atoms with Gasteiger partial charge in [0.25, 0.3) is 6.43 Å². The fraction of sp³-hybridized carbons (Fsp3) is 0.737. The molecule has 4 heterocycles. The number of alkyl halides is 2. The van der Waals surface area contributed by atoms with Gasteiger partial charge in [-0.2, -0.15) is 5.10 Å². The normalized spacial score (nSPS) is 30.5. The second-order valence-corrected chi connectivity index (χ2v) is 8.37. The first-order valence-electron chi connectivity index (χ1n) is 9.97. The van der Waals surface area contributed by atoms with Crippen molar-refractivity contribution in [2.24, 2.45) is 11.8 Å². The summed E-state index contributed by atoms with van der Waals surface area (Å²) in [6, 6.07) is 0.737. The predicted molar refractivity (Wildman–Crippen MR) is 99.1 cm³/mol.